The van der Waals surface area contributed by atoms with Gasteiger partial charge in [0.1, 0.15) is 5.82 Å². The first kappa shape index (κ1) is 26.7. The summed E-state index contributed by atoms with van der Waals surface area (Å²) in [5.41, 5.74) is 9.83. The summed E-state index contributed by atoms with van der Waals surface area (Å²) in [6.07, 6.45) is 1.80. The molecule has 7 aromatic rings. The predicted molar refractivity (Wildman–Crippen MR) is 163 cm³/mol. The molecule has 0 spiro atoms. The van der Waals surface area contributed by atoms with Crippen LogP contribution in [-0.2, 0) is 21.1 Å². The van der Waals surface area contributed by atoms with Crippen LogP contribution in [0.15, 0.2) is 115 Å². The van der Waals surface area contributed by atoms with E-state index < -0.39 is 0 Å². The van der Waals surface area contributed by atoms with E-state index in [4.69, 9.17) is 4.98 Å². The number of aromatic nitrogens is 3. The quantitative estimate of drug-likeness (QED) is 0.186. The third kappa shape index (κ3) is 4.65. The zero-order chi connectivity index (χ0) is 27.2. The summed E-state index contributed by atoms with van der Waals surface area (Å²) in [5.74, 6) is 1.02. The van der Waals surface area contributed by atoms with Crippen molar-refractivity contribution < 1.29 is 26.2 Å². The van der Waals surface area contributed by atoms with Gasteiger partial charge < -0.3 is 9.67 Å². The fraction of sp³-hybridized carbons (Fsp3) is 0.0556. The van der Waals surface area contributed by atoms with Crippen LogP contribution in [0.25, 0.3) is 61.3 Å². The predicted octanol–water partition coefficient (Wildman–Crippen LogP) is 8.69. The van der Waals surface area contributed by atoms with Crippen LogP contribution in [0.2, 0.25) is 0 Å². The minimum atomic E-state index is 0. The third-order valence-corrected chi connectivity index (χ3v) is 7.52. The Morgan fingerprint density at radius 3 is 2.24 bits per heavy atom. The number of para-hydroxylation sites is 2. The summed E-state index contributed by atoms with van der Waals surface area (Å²) < 4.78 is 2.18. The van der Waals surface area contributed by atoms with Gasteiger partial charge in [-0.2, -0.15) is 0 Å². The number of nitrogens with zero attached hydrogens (tertiary/aromatic N) is 3. The minimum absolute atomic E-state index is 0. The fourth-order valence-corrected chi connectivity index (χ4v) is 5.68. The summed E-state index contributed by atoms with van der Waals surface area (Å²) in [6.45, 7) is 4.30. The Kier molecular flexibility index (Phi) is 7.03. The van der Waals surface area contributed by atoms with Crippen molar-refractivity contribution in [2.75, 3.05) is 0 Å². The second-order valence-corrected chi connectivity index (χ2v) is 10.1. The summed E-state index contributed by atoms with van der Waals surface area (Å²) in [7, 11) is 0. The van der Waals surface area contributed by atoms with Crippen LogP contribution in [0.3, 0.4) is 0 Å². The minimum Gasteiger partial charge on any atom is -0.517 e. The zero-order valence-electron chi connectivity index (χ0n) is 22.6. The molecule has 0 fully saturated rings. The molecule has 7 rings (SSSR count). The largest absolute Gasteiger partial charge is 0.517 e. The van der Waals surface area contributed by atoms with Gasteiger partial charge in [-0.15, -0.1) is 23.8 Å². The van der Waals surface area contributed by atoms with Crippen molar-refractivity contribution >= 4 is 21.8 Å². The molecule has 202 valence electrons. The molecule has 0 bridgehead atoms. The summed E-state index contributed by atoms with van der Waals surface area (Å²) in [6, 6.07) is 40.1. The smallest absolute Gasteiger partial charge is 0.137 e. The molecule has 1 N–H and O–H groups in total. The zero-order valence-corrected chi connectivity index (χ0v) is 24.8. The van der Waals surface area contributed by atoms with Crippen LogP contribution in [0.4, 0.5) is 0 Å². The van der Waals surface area contributed by atoms with E-state index >= 15 is 0 Å². The molecule has 41 heavy (non-hydrogen) atoms. The van der Waals surface area contributed by atoms with Crippen molar-refractivity contribution in [1.82, 2.24) is 14.5 Å². The van der Waals surface area contributed by atoms with Gasteiger partial charge in [-0.3, -0.25) is 4.98 Å². The standard InChI is InChI=1S/C36H26N3O.Pt/c1-23-10-9-11-24(2)36(23)26-20-31(30-14-7-8-19-37-30)38-35(22-26)39-32-15-5-3-13-28(32)29-18-17-25(21-33(29)39)27-12-4-6-16-34(27)40;/h3-20,22,40H,1-2H3;/q-1;. The molecule has 4 aromatic carbocycles. The van der Waals surface area contributed by atoms with E-state index in [0.717, 1.165) is 55.7 Å². The molecule has 0 aliphatic carbocycles. The van der Waals surface area contributed by atoms with Crippen LogP contribution in [-0.4, -0.2) is 19.6 Å². The first-order valence-electron chi connectivity index (χ1n) is 13.3. The van der Waals surface area contributed by atoms with E-state index in [9.17, 15) is 5.11 Å². The topological polar surface area (TPSA) is 50.9 Å². The van der Waals surface area contributed by atoms with E-state index in [1.807, 2.05) is 42.5 Å². The van der Waals surface area contributed by atoms with Gasteiger partial charge in [0.15, 0.2) is 0 Å². The van der Waals surface area contributed by atoms with Crippen molar-refractivity contribution in [3.8, 4) is 45.2 Å². The van der Waals surface area contributed by atoms with Gasteiger partial charge in [-0.1, -0.05) is 71.6 Å². The molecule has 0 atom stereocenters. The average molecular weight is 712 g/mol. The molecule has 0 saturated carbocycles. The summed E-state index contributed by atoms with van der Waals surface area (Å²) in [5, 5.41) is 12.8. The van der Waals surface area contributed by atoms with Gasteiger partial charge in [0.05, 0.1) is 17.1 Å². The number of hydrogen-bond donors (Lipinski definition) is 1. The molecular formula is C36H26N3OPt-. The molecule has 0 unspecified atom stereocenters. The molecule has 3 heterocycles. The van der Waals surface area contributed by atoms with E-state index in [2.05, 4.69) is 90.1 Å². The summed E-state index contributed by atoms with van der Waals surface area (Å²) >= 11 is 0. The number of phenols is 1. The number of aromatic hydroxyl groups is 1. The van der Waals surface area contributed by atoms with Crippen molar-refractivity contribution in [1.29, 1.82) is 0 Å². The Bertz CT molecular complexity index is 2030. The Balaban J connectivity index is 0.00000302. The number of pyridine rings is 2. The number of rotatable bonds is 4. The number of aryl methyl sites for hydroxylation is 2. The van der Waals surface area contributed by atoms with Crippen molar-refractivity contribution in [2.24, 2.45) is 0 Å². The molecule has 0 radical (unpaired) electrons. The van der Waals surface area contributed by atoms with Crippen LogP contribution in [0.5, 0.6) is 5.75 Å². The SMILES string of the molecule is Cc1cccc(C)c1-c1cc(-c2ccccn2)nc(-n2c3[c-]c(-c4ccccc4O)ccc3c3ccccc32)c1.[Pt]. The number of fused-ring (bicyclic) bond motifs is 3. The second kappa shape index (κ2) is 10.8. The Labute approximate surface area is 253 Å². The van der Waals surface area contributed by atoms with E-state index in [-0.39, 0.29) is 26.8 Å². The van der Waals surface area contributed by atoms with Crippen LogP contribution in [0.1, 0.15) is 11.1 Å². The van der Waals surface area contributed by atoms with E-state index in [0.29, 0.717) is 0 Å². The number of benzene rings is 4. The van der Waals surface area contributed by atoms with Crippen molar-refractivity contribution in [2.45, 2.75) is 13.8 Å². The van der Waals surface area contributed by atoms with E-state index in [1.165, 1.54) is 16.7 Å². The molecular weight excluding hydrogens is 685 g/mol. The number of hydrogen-bond acceptors (Lipinski definition) is 3. The average Bonchev–Trinajstić information content (AvgIpc) is 3.31. The monoisotopic (exact) mass is 711 g/mol. The normalized spacial score (nSPS) is 11.1. The van der Waals surface area contributed by atoms with E-state index in [1.54, 1.807) is 12.3 Å². The molecule has 0 amide bonds. The maximum atomic E-state index is 10.6. The maximum absolute atomic E-state index is 10.6. The Morgan fingerprint density at radius 2 is 1.46 bits per heavy atom. The first-order valence-corrected chi connectivity index (χ1v) is 13.3. The second-order valence-electron chi connectivity index (χ2n) is 10.1. The molecule has 0 saturated heterocycles. The molecule has 0 aliphatic rings. The third-order valence-electron chi connectivity index (χ3n) is 7.52. The van der Waals surface area contributed by atoms with Gasteiger partial charge in [-0.25, -0.2) is 4.98 Å². The van der Waals surface area contributed by atoms with Gasteiger partial charge in [0, 0.05) is 32.8 Å². The maximum Gasteiger partial charge on any atom is 0.137 e. The van der Waals surface area contributed by atoms with Gasteiger partial charge >= 0.3 is 0 Å². The van der Waals surface area contributed by atoms with Gasteiger partial charge in [-0.05, 0) is 83.4 Å². The van der Waals surface area contributed by atoms with Crippen LogP contribution < -0.4 is 0 Å². The van der Waals surface area contributed by atoms with Crippen LogP contribution >= 0.6 is 0 Å². The molecule has 4 nitrogen and oxygen atoms in total. The molecule has 5 heteroatoms. The van der Waals surface area contributed by atoms with Gasteiger partial charge in [0.25, 0.3) is 0 Å². The first-order chi connectivity index (χ1) is 19.6. The van der Waals surface area contributed by atoms with Crippen LogP contribution in [0, 0.1) is 19.9 Å². The number of phenolic OH excluding ortho intramolecular Hbond substituents is 1. The summed E-state index contributed by atoms with van der Waals surface area (Å²) in [4.78, 5) is 9.81. The van der Waals surface area contributed by atoms with Crippen molar-refractivity contribution in [3.63, 3.8) is 0 Å². The van der Waals surface area contributed by atoms with Crippen molar-refractivity contribution in [3.05, 3.63) is 133 Å². The Hall–Kier alpha value is -4.53. The Morgan fingerprint density at radius 1 is 0.707 bits per heavy atom. The fourth-order valence-electron chi connectivity index (χ4n) is 5.68. The van der Waals surface area contributed by atoms with Gasteiger partial charge in [0.2, 0.25) is 0 Å². The molecule has 3 aromatic heterocycles. The molecule has 0 aliphatic heterocycles.